The molecule has 1 aromatic heterocycles. The van der Waals surface area contributed by atoms with E-state index < -0.39 is 6.29 Å². The summed E-state index contributed by atoms with van der Waals surface area (Å²) >= 11 is 0. The van der Waals surface area contributed by atoms with Crippen LogP contribution in [-0.2, 0) is 27.4 Å². The Morgan fingerprint density at radius 1 is 1.00 bits per heavy atom. The highest BCUT2D eigenvalue weighted by Crippen LogP contribution is 2.42. The molecule has 2 fully saturated rings. The summed E-state index contributed by atoms with van der Waals surface area (Å²) in [7, 11) is 1.77. The molecule has 8 nitrogen and oxygen atoms in total. The highest BCUT2D eigenvalue weighted by molar-refractivity contribution is 5.93. The Bertz CT molecular complexity index is 1560. The van der Waals surface area contributed by atoms with Gasteiger partial charge in [0.2, 0.25) is 0 Å². The van der Waals surface area contributed by atoms with Crippen LogP contribution in [0.25, 0.3) is 11.1 Å². The average molecular weight is 622 g/mol. The number of likely N-dealkylation sites (tertiary alicyclic amines) is 1. The van der Waals surface area contributed by atoms with Crippen LogP contribution in [0.2, 0.25) is 0 Å². The van der Waals surface area contributed by atoms with Crippen molar-refractivity contribution in [2.24, 2.45) is 5.92 Å². The van der Waals surface area contributed by atoms with E-state index in [1.807, 2.05) is 30.3 Å². The van der Waals surface area contributed by atoms with Gasteiger partial charge in [0.15, 0.2) is 6.29 Å². The zero-order chi connectivity index (χ0) is 31.9. The first kappa shape index (κ1) is 32.0. The van der Waals surface area contributed by atoms with Gasteiger partial charge in [-0.1, -0.05) is 79.7 Å². The maximum absolute atomic E-state index is 12.7. The van der Waals surface area contributed by atoms with Crippen molar-refractivity contribution in [2.75, 3.05) is 26.8 Å². The highest BCUT2D eigenvalue weighted by Gasteiger charge is 2.40. The second-order valence-corrected chi connectivity index (χ2v) is 12.3. The van der Waals surface area contributed by atoms with Crippen LogP contribution in [0.3, 0.4) is 0 Å². The zero-order valence-corrected chi connectivity index (χ0v) is 26.5. The minimum atomic E-state index is -0.532. The molecule has 2 N–H and O–H groups in total. The van der Waals surface area contributed by atoms with Crippen LogP contribution in [0.4, 0.5) is 0 Å². The largest absolute Gasteiger partial charge is 0.392 e. The molecule has 3 aromatic carbocycles. The lowest BCUT2D eigenvalue weighted by molar-refractivity contribution is -0.276. The fraction of sp³-hybridized carbons (Fsp3) is 0.368. The lowest BCUT2D eigenvalue weighted by Crippen LogP contribution is -2.46. The summed E-state index contributed by atoms with van der Waals surface area (Å²) in [5, 5.41) is 12.6. The number of nitrogens with zero attached hydrogens (tertiary/aromatic N) is 2. The van der Waals surface area contributed by atoms with Crippen molar-refractivity contribution in [3.8, 4) is 11.1 Å². The second kappa shape index (κ2) is 15.1. The van der Waals surface area contributed by atoms with Gasteiger partial charge in [0.1, 0.15) is 0 Å². The van der Waals surface area contributed by atoms with Crippen LogP contribution in [0.15, 0.2) is 97.3 Å². The van der Waals surface area contributed by atoms with E-state index in [2.05, 4.69) is 64.6 Å². The fourth-order valence-electron chi connectivity index (χ4n) is 6.63. The van der Waals surface area contributed by atoms with E-state index in [0.29, 0.717) is 18.2 Å². The number of aliphatic hydroxyl groups excluding tert-OH is 1. The van der Waals surface area contributed by atoms with Crippen LogP contribution in [0.1, 0.15) is 64.8 Å². The Morgan fingerprint density at radius 3 is 2.52 bits per heavy atom. The number of nitrogens with one attached hydrogen (secondary N) is 1. The van der Waals surface area contributed by atoms with Crippen molar-refractivity contribution in [2.45, 2.75) is 57.5 Å². The van der Waals surface area contributed by atoms with Gasteiger partial charge in [0.25, 0.3) is 5.91 Å². The molecular weight excluding hydrogens is 578 g/mol. The Kier molecular flexibility index (Phi) is 10.5. The third kappa shape index (κ3) is 7.38. The van der Waals surface area contributed by atoms with E-state index in [-0.39, 0.29) is 30.6 Å². The lowest BCUT2D eigenvalue weighted by atomic mass is 9.89. The minimum absolute atomic E-state index is 0.0118. The van der Waals surface area contributed by atoms with Gasteiger partial charge in [0, 0.05) is 50.1 Å². The number of benzene rings is 3. The maximum Gasteiger partial charge on any atom is 0.253 e. The third-order valence-electron chi connectivity index (χ3n) is 9.27. The summed E-state index contributed by atoms with van der Waals surface area (Å²) in [5.74, 6) is -0.0373. The number of pyridine rings is 1. The number of hydrogen-bond donors (Lipinski definition) is 2. The maximum atomic E-state index is 12.7. The Labute approximate surface area is 271 Å². The number of ether oxygens (including phenoxy) is 3. The molecule has 8 heteroatoms. The van der Waals surface area contributed by atoms with Gasteiger partial charge < -0.3 is 24.6 Å². The van der Waals surface area contributed by atoms with Crippen LogP contribution < -0.4 is 5.32 Å². The number of amides is 1. The molecule has 2 aliphatic heterocycles. The van der Waals surface area contributed by atoms with E-state index in [0.717, 1.165) is 65.9 Å². The highest BCUT2D eigenvalue weighted by atomic mass is 16.7. The Balaban J connectivity index is 1.21. The SMILES string of the molecule is COCC1CCCN1CC1OC(c2ccc(-c3ccccc3CNC(=O)c3cccnc3)cc2)OC(c2ccc(CO)cc2)C1C. The first-order chi connectivity index (χ1) is 22.5. The van der Waals surface area contributed by atoms with E-state index in [4.69, 9.17) is 14.2 Å². The Hall–Kier alpha value is -3.92. The summed E-state index contributed by atoms with van der Waals surface area (Å²) in [6.07, 6.45) is 4.79. The molecule has 1 amide bonds. The summed E-state index contributed by atoms with van der Waals surface area (Å²) in [6.45, 7) is 5.20. The third-order valence-corrected chi connectivity index (χ3v) is 9.27. The van der Waals surface area contributed by atoms with Crippen molar-refractivity contribution in [3.63, 3.8) is 0 Å². The molecule has 0 radical (unpaired) electrons. The number of aromatic nitrogens is 1. The molecule has 240 valence electrons. The van der Waals surface area contributed by atoms with Gasteiger partial charge in [0.05, 0.1) is 31.0 Å². The first-order valence-corrected chi connectivity index (χ1v) is 16.1. The van der Waals surface area contributed by atoms with Crippen molar-refractivity contribution < 1.29 is 24.1 Å². The van der Waals surface area contributed by atoms with Crippen LogP contribution in [0.5, 0.6) is 0 Å². The van der Waals surface area contributed by atoms with E-state index in [1.54, 1.807) is 31.6 Å². The molecule has 3 heterocycles. The molecule has 46 heavy (non-hydrogen) atoms. The molecular formula is C38H43N3O5. The molecule has 0 bridgehead atoms. The van der Waals surface area contributed by atoms with Gasteiger partial charge in [-0.2, -0.15) is 0 Å². The Morgan fingerprint density at radius 2 is 1.78 bits per heavy atom. The number of aliphatic hydroxyl groups is 1. The topological polar surface area (TPSA) is 93.2 Å². The summed E-state index contributed by atoms with van der Waals surface area (Å²) in [5.41, 5.74) is 6.57. The molecule has 0 spiro atoms. The van der Waals surface area contributed by atoms with Crippen molar-refractivity contribution in [1.82, 2.24) is 15.2 Å². The number of rotatable bonds is 11. The number of carbonyl (C=O) groups is 1. The standard InChI is InChI=1S/C38H43N3O5/c1-26-35(23-41-20-6-9-33(41)25-44-2)45-38(46-36(26)29-13-11-27(24-42)12-14-29)30-17-15-28(16-18-30)34-10-4-3-7-31(34)22-40-37(43)32-8-5-19-39-21-32/h3-5,7-8,10-19,21,26,33,35-36,38,42H,6,9,20,22-25H2,1-2H3,(H,40,43). The van der Waals surface area contributed by atoms with Gasteiger partial charge >= 0.3 is 0 Å². The van der Waals surface area contributed by atoms with Crippen LogP contribution in [-0.4, -0.2) is 59.8 Å². The summed E-state index contributed by atoms with van der Waals surface area (Å²) < 4.78 is 19.0. The normalized spacial score (nSPS) is 23.3. The van der Waals surface area contributed by atoms with Crippen molar-refractivity contribution >= 4 is 5.91 Å². The number of carbonyl (C=O) groups excluding carboxylic acids is 1. The lowest BCUT2D eigenvalue weighted by Gasteiger charge is -2.43. The average Bonchev–Trinajstić information content (AvgIpc) is 3.55. The molecule has 6 rings (SSSR count). The van der Waals surface area contributed by atoms with Gasteiger partial charge in [-0.3, -0.25) is 14.7 Å². The number of hydrogen-bond acceptors (Lipinski definition) is 7. The predicted octanol–water partition coefficient (Wildman–Crippen LogP) is 6.07. The van der Waals surface area contributed by atoms with Gasteiger partial charge in [-0.25, -0.2) is 0 Å². The first-order valence-electron chi connectivity index (χ1n) is 16.1. The number of methoxy groups -OCH3 is 1. The van der Waals surface area contributed by atoms with E-state index in [1.165, 1.54) is 0 Å². The monoisotopic (exact) mass is 621 g/mol. The van der Waals surface area contributed by atoms with E-state index >= 15 is 0 Å². The quantitative estimate of drug-likeness (QED) is 0.210. The van der Waals surface area contributed by atoms with Crippen LogP contribution >= 0.6 is 0 Å². The van der Waals surface area contributed by atoms with Crippen LogP contribution in [0, 0.1) is 5.92 Å². The molecule has 0 saturated carbocycles. The molecule has 0 aliphatic carbocycles. The van der Waals surface area contributed by atoms with Crippen molar-refractivity contribution in [3.05, 3.63) is 125 Å². The molecule has 4 aromatic rings. The minimum Gasteiger partial charge on any atom is -0.392 e. The molecule has 2 saturated heterocycles. The smallest absolute Gasteiger partial charge is 0.253 e. The molecule has 5 unspecified atom stereocenters. The zero-order valence-electron chi connectivity index (χ0n) is 26.5. The van der Waals surface area contributed by atoms with Gasteiger partial charge in [-0.15, -0.1) is 0 Å². The van der Waals surface area contributed by atoms with Crippen molar-refractivity contribution in [1.29, 1.82) is 0 Å². The summed E-state index contributed by atoms with van der Waals surface area (Å²) in [4.78, 5) is 19.2. The second-order valence-electron chi connectivity index (χ2n) is 12.3. The molecule has 5 atom stereocenters. The van der Waals surface area contributed by atoms with E-state index in [9.17, 15) is 9.90 Å². The fourth-order valence-corrected chi connectivity index (χ4v) is 6.63. The van der Waals surface area contributed by atoms with Gasteiger partial charge in [-0.05, 0) is 59.3 Å². The molecule has 2 aliphatic rings. The predicted molar refractivity (Wildman–Crippen MR) is 177 cm³/mol. The summed E-state index contributed by atoms with van der Waals surface area (Å²) in [6, 6.07) is 28.4.